The average molecular weight is 307 g/mol. The van der Waals surface area contributed by atoms with Crippen LogP contribution in [0.4, 0.5) is 0 Å². The molecule has 0 atom stereocenters. The Morgan fingerprint density at radius 3 is 1.83 bits per heavy atom. The van der Waals surface area contributed by atoms with Gasteiger partial charge in [0.05, 0.1) is 0 Å². The number of rotatable bonds is 10. The lowest BCUT2D eigenvalue weighted by molar-refractivity contribution is 0.298. The zero-order valence-corrected chi connectivity index (χ0v) is 16.0. The zero-order valence-electron chi connectivity index (χ0n) is 12.2. The van der Waals surface area contributed by atoms with Gasteiger partial charge in [0.15, 0.2) is 0 Å². The maximum Gasteiger partial charge on any atom is 0.316 e. The van der Waals surface area contributed by atoms with Crippen molar-refractivity contribution in [1.29, 1.82) is 0 Å². The molecule has 0 aromatic carbocycles. The van der Waals surface area contributed by atoms with E-state index in [0.717, 1.165) is 0 Å². The van der Waals surface area contributed by atoms with Crippen LogP contribution in [0.2, 0.25) is 12.6 Å². The SMILES string of the molecule is CCCCCCCCCCC[Si]1(C)O[SiH2]O[SiH2]O1. The summed E-state index contributed by atoms with van der Waals surface area (Å²) >= 11 is 0. The highest BCUT2D eigenvalue weighted by molar-refractivity contribution is 6.75. The predicted molar refractivity (Wildman–Crippen MR) is 84.0 cm³/mol. The molecule has 0 radical (unpaired) electrons. The van der Waals surface area contributed by atoms with Crippen molar-refractivity contribution in [2.45, 2.75) is 77.3 Å². The Labute approximate surface area is 118 Å². The normalized spacial score (nSPS) is 27.0. The van der Waals surface area contributed by atoms with Gasteiger partial charge in [0, 0.05) is 0 Å². The summed E-state index contributed by atoms with van der Waals surface area (Å²) in [4.78, 5) is 0. The molecule has 6 heteroatoms. The second-order valence-electron chi connectivity index (χ2n) is 5.44. The van der Waals surface area contributed by atoms with Crippen molar-refractivity contribution in [2.24, 2.45) is 0 Å². The van der Waals surface area contributed by atoms with E-state index in [1.165, 1.54) is 63.8 Å². The van der Waals surface area contributed by atoms with Gasteiger partial charge in [-0.2, -0.15) is 0 Å². The maximum atomic E-state index is 5.81. The molecule has 1 fully saturated rings. The van der Waals surface area contributed by atoms with Crippen molar-refractivity contribution in [3.63, 3.8) is 0 Å². The van der Waals surface area contributed by atoms with Crippen molar-refractivity contribution in [2.75, 3.05) is 0 Å². The van der Waals surface area contributed by atoms with E-state index in [1.54, 1.807) is 0 Å². The molecule has 0 spiro atoms. The minimum absolute atomic E-state index is 0.653. The monoisotopic (exact) mass is 306 g/mol. The Morgan fingerprint density at radius 1 is 0.778 bits per heavy atom. The molecular formula is C12H30O3Si3. The first-order chi connectivity index (χ1) is 8.77. The Kier molecular flexibility index (Phi) is 9.52. The predicted octanol–water partition coefficient (Wildman–Crippen LogP) is 2.65. The molecule has 1 aliphatic rings. The summed E-state index contributed by atoms with van der Waals surface area (Å²) in [6.07, 6.45) is 12.5. The van der Waals surface area contributed by atoms with Crippen LogP contribution in [-0.4, -0.2) is 28.6 Å². The van der Waals surface area contributed by atoms with Crippen LogP contribution in [-0.2, 0) is 12.3 Å². The van der Waals surface area contributed by atoms with Gasteiger partial charge in [-0.15, -0.1) is 0 Å². The lowest BCUT2D eigenvalue weighted by atomic mass is 10.1. The van der Waals surface area contributed by atoms with Crippen LogP contribution in [0, 0.1) is 0 Å². The van der Waals surface area contributed by atoms with Crippen LogP contribution in [0.15, 0.2) is 0 Å². The molecule has 0 aromatic rings. The molecule has 3 nitrogen and oxygen atoms in total. The molecule has 1 rings (SSSR count). The quantitative estimate of drug-likeness (QED) is 0.459. The van der Waals surface area contributed by atoms with Crippen molar-refractivity contribution in [1.82, 2.24) is 0 Å². The zero-order chi connectivity index (χ0) is 13.1. The largest absolute Gasteiger partial charge is 0.425 e. The molecule has 1 saturated heterocycles. The highest BCUT2D eigenvalue weighted by atomic mass is 28.5. The molecular weight excluding hydrogens is 276 g/mol. The van der Waals surface area contributed by atoms with Gasteiger partial charge < -0.3 is 12.3 Å². The number of hydrogen-bond donors (Lipinski definition) is 0. The van der Waals surface area contributed by atoms with E-state index in [4.69, 9.17) is 12.3 Å². The molecule has 1 aliphatic heterocycles. The fourth-order valence-corrected chi connectivity index (χ4v) is 9.87. The number of hydrogen-bond acceptors (Lipinski definition) is 3. The Bertz CT molecular complexity index is 199. The van der Waals surface area contributed by atoms with E-state index in [-0.39, 0.29) is 0 Å². The average Bonchev–Trinajstić information content (AvgIpc) is 2.38. The molecule has 0 bridgehead atoms. The van der Waals surface area contributed by atoms with Gasteiger partial charge in [0.1, 0.15) is 0 Å². The molecule has 0 N–H and O–H groups in total. The molecule has 0 unspecified atom stereocenters. The third-order valence-electron chi connectivity index (χ3n) is 3.63. The van der Waals surface area contributed by atoms with E-state index in [9.17, 15) is 0 Å². The molecule has 0 aliphatic carbocycles. The summed E-state index contributed by atoms with van der Waals surface area (Å²) in [7, 11) is -3.03. The molecule has 108 valence electrons. The van der Waals surface area contributed by atoms with Gasteiger partial charge in [0.25, 0.3) is 20.0 Å². The lowest BCUT2D eigenvalue weighted by Gasteiger charge is -2.31. The third kappa shape index (κ3) is 7.85. The first-order valence-corrected chi connectivity index (χ1v) is 12.5. The van der Waals surface area contributed by atoms with E-state index in [0.29, 0.717) is 0 Å². The van der Waals surface area contributed by atoms with E-state index < -0.39 is 28.6 Å². The van der Waals surface area contributed by atoms with Crippen LogP contribution in [0.3, 0.4) is 0 Å². The summed E-state index contributed by atoms with van der Waals surface area (Å²) in [5.41, 5.74) is 0. The highest BCUT2D eigenvalue weighted by Gasteiger charge is 2.32. The van der Waals surface area contributed by atoms with Gasteiger partial charge in [0.2, 0.25) is 0 Å². The van der Waals surface area contributed by atoms with Crippen molar-refractivity contribution >= 4 is 28.6 Å². The van der Waals surface area contributed by atoms with E-state index >= 15 is 0 Å². The van der Waals surface area contributed by atoms with Gasteiger partial charge in [-0.05, 0) is 12.6 Å². The minimum atomic E-state index is -1.72. The Morgan fingerprint density at radius 2 is 1.28 bits per heavy atom. The summed E-state index contributed by atoms with van der Waals surface area (Å²) in [5, 5.41) is 0. The summed E-state index contributed by atoms with van der Waals surface area (Å²) in [5.74, 6) is 0. The summed E-state index contributed by atoms with van der Waals surface area (Å²) in [6, 6.07) is 1.19. The second kappa shape index (κ2) is 10.3. The fourth-order valence-electron chi connectivity index (χ4n) is 2.31. The van der Waals surface area contributed by atoms with E-state index in [1.807, 2.05) is 0 Å². The van der Waals surface area contributed by atoms with Gasteiger partial charge in [-0.3, -0.25) is 0 Å². The minimum Gasteiger partial charge on any atom is -0.425 e. The summed E-state index contributed by atoms with van der Waals surface area (Å²) < 4.78 is 16.9. The van der Waals surface area contributed by atoms with Gasteiger partial charge in [-0.1, -0.05) is 64.7 Å². The Balaban J connectivity index is 1.86. The van der Waals surface area contributed by atoms with Gasteiger partial charge in [-0.25, -0.2) is 0 Å². The molecule has 18 heavy (non-hydrogen) atoms. The van der Waals surface area contributed by atoms with Crippen LogP contribution < -0.4 is 0 Å². The van der Waals surface area contributed by atoms with Crippen molar-refractivity contribution < 1.29 is 12.3 Å². The molecule has 0 aromatic heterocycles. The molecule has 1 heterocycles. The first kappa shape index (κ1) is 16.6. The standard InChI is InChI=1S/C12H30O3Si3/c1-3-4-5-6-7-8-9-10-11-12-18(2)14-16-13-17-15-18/h3-12,16-17H2,1-2H3. The topological polar surface area (TPSA) is 27.7 Å². The lowest BCUT2D eigenvalue weighted by Crippen LogP contribution is -2.46. The smallest absolute Gasteiger partial charge is 0.316 e. The van der Waals surface area contributed by atoms with Crippen LogP contribution in [0.1, 0.15) is 64.7 Å². The summed E-state index contributed by atoms with van der Waals surface area (Å²) in [6.45, 7) is 4.50. The van der Waals surface area contributed by atoms with Crippen molar-refractivity contribution in [3.05, 3.63) is 0 Å². The van der Waals surface area contributed by atoms with Crippen molar-refractivity contribution in [3.8, 4) is 0 Å². The highest BCUT2D eigenvalue weighted by Crippen LogP contribution is 2.20. The first-order valence-electron chi connectivity index (χ1n) is 7.62. The molecule has 0 saturated carbocycles. The fraction of sp³-hybridized carbons (Fsp3) is 1.00. The van der Waals surface area contributed by atoms with Gasteiger partial charge >= 0.3 is 8.56 Å². The number of unbranched alkanes of at least 4 members (excludes halogenated alkanes) is 8. The maximum absolute atomic E-state index is 5.81. The van der Waals surface area contributed by atoms with Crippen LogP contribution in [0.25, 0.3) is 0 Å². The second-order valence-corrected chi connectivity index (χ2v) is 12.6. The molecule has 0 amide bonds. The van der Waals surface area contributed by atoms with E-state index in [2.05, 4.69) is 13.5 Å². The van der Waals surface area contributed by atoms with Crippen LogP contribution in [0.5, 0.6) is 0 Å². The third-order valence-corrected chi connectivity index (χ3v) is 12.1. The van der Waals surface area contributed by atoms with Crippen LogP contribution >= 0.6 is 0 Å². The Hall–Kier alpha value is 0.531.